The van der Waals surface area contributed by atoms with Gasteiger partial charge in [0.1, 0.15) is 11.7 Å². The van der Waals surface area contributed by atoms with Crippen molar-refractivity contribution in [3.63, 3.8) is 0 Å². The molecule has 0 spiro atoms. The number of carbonyl (C=O) groups is 2. The molecule has 1 unspecified atom stereocenters. The van der Waals surface area contributed by atoms with Gasteiger partial charge in [-0.2, -0.15) is 0 Å². The summed E-state index contributed by atoms with van der Waals surface area (Å²) < 4.78 is 5.79. The van der Waals surface area contributed by atoms with E-state index in [2.05, 4.69) is 0 Å². The SMILES string of the molecule is CCCC(C)(O[C@H](C)C(=O)C(CC)CC)C(C)=O. The van der Waals surface area contributed by atoms with E-state index in [1.807, 2.05) is 20.8 Å². The second kappa shape index (κ2) is 7.67. The van der Waals surface area contributed by atoms with Crippen LogP contribution in [0.1, 0.15) is 67.2 Å². The molecule has 106 valence electrons. The summed E-state index contributed by atoms with van der Waals surface area (Å²) in [5.74, 6) is 0.148. The van der Waals surface area contributed by atoms with Crippen molar-refractivity contribution in [3.05, 3.63) is 0 Å². The molecule has 0 aliphatic carbocycles. The Morgan fingerprint density at radius 2 is 1.67 bits per heavy atom. The van der Waals surface area contributed by atoms with Crippen LogP contribution in [0.15, 0.2) is 0 Å². The van der Waals surface area contributed by atoms with Crippen molar-refractivity contribution >= 4 is 11.6 Å². The van der Waals surface area contributed by atoms with Crippen LogP contribution in [0, 0.1) is 5.92 Å². The Hall–Kier alpha value is -0.700. The Kier molecular flexibility index (Phi) is 7.37. The zero-order valence-corrected chi connectivity index (χ0v) is 12.7. The van der Waals surface area contributed by atoms with E-state index in [1.54, 1.807) is 13.8 Å². The maximum absolute atomic E-state index is 12.2. The first-order chi connectivity index (χ1) is 8.32. The Morgan fingerprint density at radius 1 is 1.17 bits per heavy atom. The van der Waals surface area contributed by atoms with Crippen LogP contribution in [0.3, 0.4) is 0 Å². The molecule has 3 nitrogen and oxygen atoms in total. The maximum Gasteiger partial charge on any atom is 0.164 e. The monoisotopic (exact) mass is 256 g/mol. The molecule has 0 amide bonds. The van der Waals surface area contributed by atoms with Crippen LogP contribution in [0.25, 0.3) is 0 Å². The molecule has 0 bridgehead atoms. The lowest BCUT2D eigenvalue weighted by molar-refractivity contribution is -0.157. The van der Waals surface area contributed by atoms with Gasteiger partial charge in [-0.15, -0.1) is 0 Å². The lowest BCUT2D eigenvalue weighted by atomic mass is 9.92. The third kappa shape index (κ3) is 4.52. The summed E-state index contributed by atoms with van der Waals surface area (Å²) in [5.41, 5.74) is -0.824. The van der Waals surface area contributed by atoms with E-state index in [4.69, 9.17) is 4.74 Å². The van der Waals surface area contributed by atoms with Crippen molar-refractivity contribution in [1.82, 2.24) is 0 Å². The molecule has 0 aliphatic heterocycles. The second-order valence-electron chi connectivity index (χ2n) is 5.21. The third-order valence-electron chi connectivity index (χ3n) is 3.70. The number of Topliss-reactive ketones (excluding diaryl/α,β-unsaturated/α-hetero) is 2. The largest absolute Gasteiger partial charge is 0.357 e. The molecule has 0 aromatic heterocycles. The number of hydrogen-bond acceptors (Lipinski definition) is 3. The standard InChI is InChI=1S/C15H28O3/c1-7-10-15(6,12(5)16)18-11(4)14(17)13(8-2)9-3/h11,13H,7-10H2,1-6H3/t11-,15?/m1/s1. The van der Waals surface area contributed by atoms with Gasteiger partial charge in [-0.25, -0.2) is 0 Å². The summed E-state index contributed by atoms with van der Waals surface area (Å²) >= 11 is 0. The van der Waals surface area contributed by atoms with Gasteiger partial charge in [0.05, 0.1) is 0 Å². The summed E-state index contributed by atoms with van der Waals surface area (Å²) in [6.07, 6.45) is 2.67. The lowest BCUT2D eigenvalue weighted by Crippen LogP contribution is -2.43. The zero-order valence-electron chi connectivity index (χ0n) is 12.7. The van der Waals surface area contributed by atoms with Crippen LogP contribution in [-0.2, 0) is 14.3 Å². The van der Waals surface area contributed by atoms with Crippen molar-refractivity contribution in [1.29, 1.82) is 0 Å². The number of ether oxygens (including phenoxy) is 1. The van der Waals surface area contributed by atoms with Crippen molar-refractivity contribution < 1.29 is 14.3 Å². The van der Waals surface area contributed by atoms with E-state index in [0.717, 1.165) is 19.3 Å². The average molecular weight is 256 g/mol. The first kappa shape index (κ1) is 17.3. The van der Waals surface area contributed by atoms with Crippen LogP contribution in [0.4, 0.5) is 0 Å². The highest BCUT2D eigenvalue weighted by molar-refractivity contribution is 5.87. The van der Waals surface area contributed by atoms with E-state index >= 15 is 0 Å². The number of carbonyl (C=O) groups excluding carboxylic acids is 2. The van der Waals surface area contributed by atoms with Gasteiger partial charge in [-0.3, -0.25) is 9.59 Å². The smallest absolute Gasteiger partial charge is 0.164 e. The minimum absolute atomic E-state index is 0.00598. The normalized spacial score (nSPS) is 16.4. The van der Waals surface area contributed by atoms with Gasteiger partial charge >= 0.3 is 0 Å². The highest BCUT2D eigenvalue weighted by Gasteiger charge is 2.34. The lowest BCUT2D eigenvalue weighted by Gasteiger charge is -2.31. The third-order valence-corrected chi connectivity index (χ3v) is 3.70. The minimum Gasteiger partial charge on any atom is -0.357 e. The van der Waals surface area contributed by atoms with Gasteiger partial charge in [-0.05, 0) is 40.0 Å². The molecule has 0 saturated heterocycles. The Morgan fingerprint density at radius 3 is 2.00 bits per heavy atom. The fourth-order valence-electron chi connectivity index (χ4n) is 2.27. The fraction of sp³-hybridized carbons (Fsp3) is 0.867. The quantitative estimate of drug-likeness (QED) is 0.633. The topological polar surface area (TPSA) is 43.4 Å². The number of ketones is 2. The Bertz CT molecular complexity index is 281. The van der Waals surface area contributed by atoms with E-state index in [9.17, 15) is 9.59 Å². The molecule has 2 atom stereocenters. The minimum atomic E-state index is -0.824. The van der Waals surface area contributed by atoms with Gasteiger partial charge in [0.25, 0.3) is 0 Å². The van der Waals surface area contributed by atoms with Crippen molar-refractivity contribution in [2.75, 3.05) is 0 Å². The van der Waals surface area contributed by atoms with Crippen LogP contribution >= 0.6 is 0 Å². The molecule has 18 heavy (non-hydrogen) atoms. The predicted molar refractivity (Wildman–Crippen MR) is 73.6 cm³/mol. The molecule has 0 rings (SSSR count). The molecule has 0 N–H and O–H groups in total. The highest BCUT2D eigenvalue weighted by atomic mass is 16.5. The van der Waals surface area contributed by atoms with E-state index in [-0.39, 0.29) is 17.5 Å². The van der Waals surface area contributed by atoms with Gasteiger partial charge in [0.2, 0.25) is 0 Å². The van der Waals surface area contributed by atoms with Crippen molar-refractivity contribution in [2.45, 2.75) is 78.9 Å². The van der Waals surface area contributed by atoms with Crippen LogP contribution in [0.2, 0.25) is 0 Å². The van der Waals surface area contributed by atoms with Crippen LogP contribution < -0.4 is 0 Å². The molecular formula is C15H28O3. The van der Waals surface area contributed by atoms with Gasteiger partial charge < -0.3 is 4.74 Å². The first-order valence-electron chi connectivity index (χ1n) is 7.04. The summed E-state index contributed by atoms with van der Waals surface area (Å²) in [4.78, 5) is 23.9. The van der Waals surface area contributed by atoms with Crippen LogP contribution in [0.5, 0.6) is 0 Å². The molecular weight excluding hydrogens is 228 g/mol. The maximum atomic E-state index is 12.2. The predicted octanol–water partition coefficient (Wildman–Crippen LogP) is 3.54. The molecule has 0 fully saturated rings. The van der Waals surface area contributed by atoms with Crippen molar-refractivity contribution in [2.24, 2.45) is 5.92 Å². The summed E-state index contributed by atoms with van der Waals surface area (Å²) in [6, 6.07) is 0. The molecule has 0 aromatic rings. The van der Waals surface area contributed by atoms with Gasteiger partial charge in [0.15, 0.2) is 11.6 Å². The summed E-state index contributed by atoms with van der Waals surface area (Å²) in [6.45, 7) is 11.1. The summed E-state index contributed by atoms with van der Waals surface area (Å²) in [5, 5.41) is 0. The number of rotatable bonds is 9. The summed E-state index contributed by atoms with van der Waals surface area (Å²) in [7, 11) is 0. The van der Waals surface area contributed by atoms with Crippen LogP contribution in [-0.4, -0.2) is 23.3 Å². The Balaban J connectivity index is 4.74. The fourth-order valence-corrected chi connectivity index (χ4v) is 2.27. The first-order valence-corrected chi connectivity index (χ1v) is 7.04. The van der Waals surface area contributed by atoms with Crippen molar-refractivity contribution in [3.8, 4) is 0 Å². The van der Waals surface area contributed by atoms with E-state index in [1.165, 1.54) is 6.92 Å². The second-order valence-corrected chi connectivity index (χ2v) is 5.21. The molecule has 0 aliphatic rings. The average Bonchev–Trinajstić information content (AvgIpc) is 2.30. The van der Waals surface area contributed by atoms with E-state index in [0.29, 0.717) is 6.42 Å². The molecule has 0 saturated carbocycles. The molecule has 0 radical (unpaired) electrons. The molecule has 3 heteroatoms. The van der Waals surface area contributed by atoms with E-state index < -0.39 is 11.7 Å². The number of hydrogen-bond donors (Lipinski definition) is 0. The zero-order chi connectivity index (χ0) is 14.3. The molecule has 0 heterocycles. The molecule has 0 aromatic carbocycles. The highest BCUT2D eigenvalue weighted by Crippen LogP contribution is 2.23. The van der Waals surface area contributed by atoms with Gasteiger partial charge in [0, 0.05) is 5.92 Å². The van der Waals surface area contributed by atoms with Gasteiger partial charge in [-0.1, -0.05) is 27.2 Å². The Labute approximate surface area is 111 Å².